The molecule has 6 heteroatoms. The van der Waals surface area contributed by atoms with Gasteiger partial charge in [0.2, 0.25) is 0 Å². The summed E-state index contributed by atoms with van der Waals surface area (Å²) in [5.74, 6) is -1.12. The summed E-state index contributed by atoms with van der Waals surface area (Å²) < 4.78 is 0. The smallest absolute Gasteiger partial charge is 0.408 e. The van der Waals surface area contributed by atoms with E-state index in [-0.39, 0.29) is 13.0 Å². The number of carboxylic acid groups (broad SMARTS) is 2. The van der Waals surface area contributed by atoms with Gasteiger partial charge in [-0.1, -0.05) is 11.6 Å². The zero-order chi connectivity index (χ0) is 13.5. The first-order valence-corrected chi connectivity index (χ1v) is 5.83. The molecule has 1 heterocycles. The predicted molar refractivity (Wildman–Crippen MR) is 62.9 cm³/mol. The molecule has 1 unspecified atom stereocenters. The molecule has 0 saturated carbocycles. The number of hydrogen-bond donors (Lipinski definition) is 2. The number of hydrogen-bond acceptors (Lipinski definition) is 3. The van der Waals surface area contributed by atoms with Crippen LogP contribution in [0.4, 0.5) is 4.79 Å². The summed E-state index contributed by atoms with van der Waals surface area (Å²) in [6, 6.07) is 1.05. The van der Waals surface area contributed by atoms with Crippen LogP contribution >= 0.6 is 0 Å². The molecule has 1 atom stereocenters. The van der Waals surface area contributed by atoms with E-state index in [1.54, 1.807) is 6.08 Å². The first-order valence-electron chi connectivity index (χ1n) is 5.83. The molecule has 1 aliphatic heterocycles. The van der Waals surface area contributed by atoms with Crippen molar-refractivity contribution in [3.63, 3.8) is 0 Å². The van der Waals surface area contributed by atoms with Crippen LogP contribution in [0.3, 0.4) is 0 Å². The van der Waals surface area contributed by atoms with Crippen LogP contribution in [0.15, 0.2) is 11.6 Å². The Balaban J connectivity index is 2.67. The molecule has 0 aromatic heterocycles. The van der Waals surface area contributed by atoms with Crippen molar-refractivity contribution < 1.29 is 19.8 Å². The van der Waals surface area contributed by atoms with Crippen LogP contribution in [-0.2, 0) is 4.79 Å². The van der Waals surface area contributed by atoms with Gasteiger partial charge in [0.1, 0.15) is 6.04 Å². The number of aliphatic carboxylic acids is 1. The van der Waals surface area contributed by atoms with E-state index < -0.39 is 18.1 Å². The Hall–Kier alpha value is -2.03. The average molecular weight is 252 g/mol. The Kier molecular flexibility index (Phi) is 5.18. The number of carboxylic acids is 1. The minimum atomic E-state index is -1.20. The van der Waals surface area contributed by atoms with Gasteiger partial charge in [0.05, 0.1) is 6.07 Å². The van der Waals surface area contributed by atoms with E-state index >= 15 is 0 Å². The summed E-state index contributed by atoms with van der Waals surface area (Å²) in [6.45, 7) is 0.199. The van der Waals surface area contributed by atoms with Gasteiger partial charge in [-0.05, 0) is 25.7 Å². The second-order valence-electron chi connectivity index (χ2n) is 4.19. The van der Waals surface area contributed by atoms with Crippen molar-refractivity contribution in [1.29, 1.82) is 5.26 Å². The molecule has 18 heavy (non-hydrogen) atoms. The van der Waals surface area contributed by atoms with Gasteiger partial charge in [0.15, 0.2) is 0 Å². The van der Waals surface area contributed by atoms with Crippen LogP contribution in [0.1, 0.15) is 32.1 Å². The number of amides is 1. The zero-order valence-electron chi connectivity index (χ0n) is 10.0. The predicted octanol–water partition coefficient (Wildman–Crippen LogP) is 1.83. The Morgan fingerprint density at radius 3 is 2.78 bits per heavy atom. The van der Waals surface area contributed by atoms with Crippen molar-refractivity contribution in [3.05, 3.63) is 11.6 Å². The van der Waals surface area contributed by atoms with Gasteiger partial charge in [0.25, 0.3) is 0 Å². The van der Waals surface area contributed by atoms with Crippen LogP contribution in [0.2, 0.25) is 0 Å². The summed E-state index contributed by atoms with van der Waals surface area (Å²) in [6.07, 6.45) is 3.27. The molecule has 2 N–H and O–H groups in total. The average Bonchev–Trinajstić information content (AvgIpc) is 2.52. The van der Waals surface area contributed by atoms with Crippen LogP contribution in [0, 0.1) is 11.3 Å². The molecule has 0 radical (unpaired) electrons. The quantitative estimate of drug-likeness (QED) is 0.587. The second kappa shape index (κ2) is 6.64. The molecule has 0 aromatic rings. The third-order valence-electron chi connectivity index (χ3n) is 3.00. The lowest BCUT2D eigenvalue weighted by Gasteiger charge is -2.23. The molecule has 98 valence electrons. The maximum Gasteiger partial charge on any atom is 0.408 e. The fraction of sp³-hybridized carbons (Fsp3) is 0.583. The van der Waals surface area contributed by atoms with Crippen LogP contribution in [0.25, 0.3) is 0 Å². The maximum absolute atomic E-state index is 11.0. The highest BCUT2D eigenvalue weighted by Gasteiger charge is 2.30. The number of carbonyl (C=O) groups is 2. The third-order valence-corrected chi connectivity index (χ3v) is 3.00. The Morgan fingerprint density at radius 2 is 2.22 bits per heavy atom. The monoisotopic (exact) mass is 252 g/mol. The van der Waals surface area contributed by atoms with Gasteiger partial charge in [-0.2, -0.15) is 5.26 Å². The van der Waals surface area contributed by atoms with Crippen molar-refractivity contribution in [1.82, 2.24) is 4.90 Å². The first kappa shape index (κ1) is 14.0. The van der Waals surface area contributed by atoms with Gasteiger partial charge in [-0.15, -0.1) is 0 Å². The molecule has 0 aromatic carbocycles. The summed E-state index contributed by atoms with van der Waals surface area (Å²) in [4.78, 5) is 23.0. The molecule has 6 nitrogen and oxygen atoms in total. The summed E-state index contributed by atoms with van der Waals surface area (Å²) in [5.41, 5.74) is 1.04. The lowest BCUT2D eigenvalue weighted by atomic mass is 10.0. The van der Waals surface area contributed by atoms with E-state index in [0.29, 0.717) is 12.8 Å². The van der Waals surface area contributed by atoms with Gasteiger partial charge in [-0.3, -0.25) is 4.90 Å². The number of nitrogens with zero attached hydrogens (tertiary/aromatic N) is 2. The molecular weight excluding hydrogens is 236 g/mol. The zero-order valence-corrected chi connectivity index (χ0v) is 10.0. The van der Waals surface area contributed by atoms with Crippen LogP contribution in [0.5, 0.6) is 0 Å². The van der Waals surface area contributed by atoms with E-state index in [1.165, 1.54) is 0 Å². The highest BCUT2D eigenvalue weighted by Crippen LogP contribution is 2.20. The fourth-order valence-corrected chi connectivity index (χ4v) is 2.01. The highest BCUT2D eigenvalue weighted by atomic mass is 16.4. The van der Waals surface area contributed by atoms with Gasteiger partial charge in [-0.25, -0.2) is 9.59 Å². The first-order chi connectivity index (χ1) is 8.56. The van der Waals surface area contributed by atoms with E-state index in [1.807, 2.05) is 0 Å². The largest absolute Gasteiger partial charge is 0.480 e. The van der Waals surface area contributed by atoms with Crippen molar-refractivity contribution in [2.45, 2.75) is 38.1 Å². The second-order valence-corrected chi connectivity index (χ2v) is 4.19. The number of rotatable bonds is 4. The van der Waals surface area contributed by atoms with Gasteiger partial charge in [0, 0.05) is 13.0 Å². The van der Waals surface area contributed by atoms with E-state index in [4.69, 9.17) is 15.5 Å². The highest BCUT2D eigenvalue weighted by molar-refractivity contribution is 5.79. The van der Waals surface area contributed by atoms with Crippen LogP contribution < -0.4 is 0 Å². The molecule has 0 saturated heterocycles. The molecule has 1 aliphatic rings. The molecule has 0 bridgehead atoms. The standard InChI is InChI=1S/C12H16N2O4/c13-7-2-1-3-9-4-5-10(11(15)16)14(8-6-9)12(17)18/h4,10H,1-3,5-6,8H2,(H,15,16)(H,17,18). The van der Waals surface area contributed by atoms with Crippen molar-refractivity contribution in [2.75, 3.05) is 6.54 Å². The number of nitriles is 1. The minimum absolute atomic E-state index is 0.198. The number of unbranched alkanes of at least 4 members (excludes halogenated alkanes) is 1. The summed E-state index contributed by atoms with van der Waals surface area (Å²) >= 11 is 0. The van der Waals surface area contributed by atoms with Crippen molar-refractivity contribution in [3.8, 4) is 6.07 Å². The lowest BCUT2D eigenvalue weighted by Crippen LogP contribution is -2.44. The summed E-state index contributed by atoms with van der Waals surface area (Å²) in [7, 11) is 0. The Morgan fingerprint density at radius 1 is 1.50 bits per heavy atom. The van der Waals surface area contributed by atoms with E-state index in [2.05, 4.69) is 6.07 Å². The molecule has 0 spiro atoms. The minimum Gasteiger partial charge on any atom is -0.480 e. The molecule has 0 fully saturated rings. The maximum atomic E-state index is 11.0. The Bertz CT molecular complexity index is 397. The molecule has 1 rings (SSSR count). The van der Waals surface area contributed by atoms with E-state index in [0.717, 1.165) is 23.3 Å². The molecule has 0 aliphatic carbocycles. The third kappa shape index (κ3) is 3.77. The summed E-state index contributed by atoms with van der Waals surface area (Å²) in [5, 5.41) is 26.4. The van der Waals surface area contributed by atoms with Crippen molar-refractivity contribution in [2.24, 2.45) is 0 Å². The van der Waals surface area contributed by atoms with Gasteiger partial charge < -0.3 is 10.2 Å². The van der Waals surface area contributed by atoms with Gasteiger partial charge >= 0.3 is 12.1 Å². The fourth-order valence-electron chi connectivity index (χ4n) is 2.01. The normalized spacial score (nSPS) is 19.6. The van der Waals surface area contributed by atoms with E-state index in [9.17, 15) is 9.59 Å². The topological polar surface area (TPSA) is 102 Å². The Labute approximate surface area is 105 Å². The molecular formula is C12H16N2O4. The van der Waals surface area contributed by atoms with Crippen molar-refractivity contribution >= 4 is 12.1 Å². The lowest BCUT2D eigenvalue weighted by molar-refractivity contribution is -0.142. The van der Waals surface area contributed by atoms with Crippen LogP contribution in [-0.4, -0.2) is 39.8 Å². The SMILES string of the molecule is N#CCCCC1=CCC(C(=O)O)N(C(=O)O)CC1. The molecule has 1 amide bonds.